The van der Waals surface area contributed by atoms with Crippen molar-refractivity contribution in [3.05, 3.63) is 42.0 Å². The van der Waals surface area contributed by atoms with Crippen LogP contribution in [0.2, 0.25) is 0 Å². The first-order chi connectivity index (χ1) is 13.1. The van der Waals surface area contributed by atoms with Crippen molar-refractivity contribution in [2.75, 3.05) is 47.3 Å². The number of anilines is 1. The highest BCUT2D eigenvalue weighted by Gasteiger charge is 2.08. The molecule has 0 radical (unpaired) electrons. The molecule has 0 heterocycles. The van der Waals surface area contributed by atoms with Gasteiger partial charge in [0, 0.05) is 25.3 Å². The molecule has 7 nitrogen and oxygen atoms in total. The van der Waals surface area contributed by atoms with Crippen LogP contribution in [0.3, 0.4) is 0 Å². The summed E-state index contributed by atoms with van der Waals surface area (Å²) in [4.78, 5) is 4.26. The number of hydrogen-bond donors (Lipinski definition) is 2. The molecule has 2 aromatic carbocycles. The third-order valence-corrected chi connectivity index (χ3v) is 4.04. The molecule has 8 heteroatoms. The van der Waals surface area contributed by atoms with Crippen LogP contribution in [0, 0.1) is 0 Å². The van der Waals surface area contributed by atoms with E-state index in [0.29, 0.717) is 24.0 Å². The molecule has 0 bridgehead atoms. The summed E-state index contributed by atoms with van der Waals surface area (Å²) in [5, 5.41) is 6.53. The van der Waals surface area contributed by atoms with Crippen molar-refractivity contribution >= 4 is 35.6 Å². The van der Waals surface area contributed by atoms with Gasteiger partial charge in [-0.15, -0.1) is 24.0 Å². The van der Waals surface area contributed by atoms with Gasteiger partial charge >= 0.3 is 0 Å². The van der Waals surface area contributed by atoms with Crippen LogP contribution in [0.25, 0.3) is 0 Å². The number of nitrogens with one attached hydrogen (secondary N) is 2. The molecule has 0 saturated heterocycles. The predicted molar refractivity (Wildman–Crippen MR) is 123 cm³/mol. The van der Waals surface area contributed by atoms with Crippen LogP contribution >= 0.6 is 24.0 Å². The van der Waals surface area contributed by atoms with E-state index in [4.69, 9.17) is 18.9 Å². The van der Waals surface area contributed by atoms with E-state index in [9.17, 15) is 0 Å². The van der Waals surface area contributed by atoms with E-state index in [0.717, 1.165) is 29.2 Å². The average molecular weight is 501 g/mol. The molecule has 0 fully saturated rings. The number of guanidine groups is 1. The third-order valence-electron chi connectivity index (χ3n) is 4.04. The van der Waals surface area contributed by atoms with Crippen molar-refractivity contribution < 1.29 is 18.9 Å². The number of methoxy groups -OCH3 is 4. The Morgan fingerprint density at radius 3 is 2.14 bits per heavy atom. The van der Waals surface area contributed by atoms with E-state index in [1.807, 2.05) is 36.4 Å². The van der Waals surface area contributed by atoms with Gasteiger partial charge in [-0.2, -0.15) is 0 Å². The molecule has 0 atom stereocenters. The highest BCUT2D eigenvalue weighted by molar-refractivity contribution is 14.0. The number of hydrogen-bond acceptors (Lipinski definition) is 5. The van der Waals surface area contributed by atoms with Gasteiger partial charge in [0.2, 0.25) is 0 Å². The molecule has 0 unspecified atom stereocenters. The second-order valence-corrected chi connectivity index (χ2v) is 5.62. The lowest BCUT2D eigenvalue weighted by Crippen LogP contribution is -2.32. The average Bonchev–Trinajstić information content (AvgIpc) is 2.72. The molecule has 154 valence electrons. The molecule has 28 heavy (non-hydrogen) atoms. The highest BCUT2D eigenvalue weighted by Crippen LogP contribution is 2.29. The number of rotatable bonds is 8. The van der Waals surface area contributed by atoms with Gasteiger partial charge in [0.25, 0.3) is 0 Å². The normalized spacial score (nSPS) is 10.5. The van der Waals surface area contributed by atoms with Crippen LogP contribution in [0.4, 0.5) is 5.69 Å². The predicted octanol–water partition coefficient (Wildman–Crippen LogP) is 3.57. The van der Waals surface area contributed by atoms with E-state index in [2.05, 4.69) is 15.6 Å². The minimum Gasteiger partial charge on any atom is -0.497 e. The van der Waals surface area contributed by atoms with E-state index >= 15 is 0 Å². The molecule has 0 aromatic heterocycles. The topological polar surface area (TPSA) is 73.3 Å². The Labute approximate surface area is 183 Å². The summed E-state index contributed by atoms with van der Waals surface area (Å²) in [7, 11) is 8.26. The van der Waals surface area contributed by atoms with E-state index in [1.165, 1.54) is 0 Å². The van der Waals surface area contributed by atoms with E-state index in [1.54, 1.807) is 35.5 Å². The Balaban J connectivity index is 0.00000392. The maximum atomic E-state index is 5.42. The number of ether oxygens (including phenoxy) is 4. The highest BCUT2D eigenvalue weighted by atomic mass is 127. The Morgan fingerprint density at radius 1 is 0.857 bits per heavy atom. The van der Waals surface area contributed by atoms with Gasteiger partial charge in [-0.05, 0) is 42.3 Å². The van der Waals surface area contributed by atoms with Crippen LogP contribution in [0.5, 0.6) is 23.0 Å². The van der Waals surface area contributed by atoms with Crippen molar-refractivity contribution in [2.45, 2.75) is 6.42 Å². The molecule has 0 saturated carbocycles. The second kappa shape index (κ2) is 12.2. The zero-order chi connectivity index (χ0) is 19.6. The summed E-state index contributed by atoms with van der Waals surface area (Å²) >= 11 is 0. The van der Waals surface area contributed by atoms with Crippen molar-refractivity contribution in [3.8, 4) is 23.0 Å². The fourth-order valence-electron chi connectivity index (χ4n) is 2.62. The standard InChI is InChI=1S/C20H27N3O4.HI/c1-21-20(23-15-6-8-18(26-4)19(13-15)27-5)22-11-10-14-12-16(24-2)7-9-17(14)25-3;/h6-9,12-13H,10-11H2,1-5H3,(H2,21,22,23);1H. The first kappa shape index (κ1) is 23.7. The largest absolute Gasteiger partial charge is 0.497 e. The molecule has 0 amide bonds. The quantitative estimate of drug-likeness (QED) is 0.328. The number of aliphatic imine (C=N–C) groups is 1. The number of benzene rings is 2. The molecule has 2 aromatic rings. The van der Waals surface area contributed by atoms with Crippen molar-refractivity contribution in [2.24, 2.45) is 4.99 Å². The van der Waals surface area contributed by atoms with Crippen LogP contribution in [-0.2, 0) is 6.42 Å². The maximum absolute atomic E-state index is 5.42. The van der Waals surface area contributed by atoms with Gasteiger partial charge in [0.1, 0.15) is 11.5 Å². The summed E-state index contributed by atoms with van der Waals surface area (Å²) in [6.45, 7) is 0.677. The molecule has 0 spiro atoms. The summed E-state index contributed by atoms with van der Waals surface area (Å²) < 4.78 is 21.3. The van der Waals surface area contributed by atoms with Gasteiger partial charge < -0.3 is 29.6 Å². The zero-order valence-corrected chi connectivity index (χ0v) is 19.2. The molecule has 2 N–H and O–H groups in total. The lowest BCUT2D eigenvalue weighted by Gasteiger charge is -2.15. The fraction of sp³-hybridized carbons (Fsp3) is 0.350. The first-order valence-corrected chi connectivity index (χ1v) is 8.55. The third kappa shape index (κ3) is 6.36. The van der Waals surface area contributed by atoms with Gasteiger partial charge in [0.05, 0.1) is 28.4 Å². The molecule has 2 rings (SSSR count). The molecule has 0 aliphatic heterocycles. The zero-order valence-electron chi connectivity index (χ0n) is 16.9. The summed E-state index contributed by atoms with van der Waals surface area (Å²) in [6.07, 6.45) is 0.757. The maximum Gasteiger partial charge on any atom is 0.195 e. The Bertz CT molecular complexity index is 784. The van der Waals surface area contributed by atoms with E-state index < -0.39 is 0 Å². The lowest BCUT2D eigenvalue weighted by molar-refractivity contribution is 0.355. The van der Waals surface area contributed by atoms with Crippen molar-refractivity contribution in [1.82, 2.24) is 5.32 Å². The monoisotopic (exact) mass is 501 g/mol. The van der Waals surface area contributed by atoms with Gasteiger partial charge in [-0.3, -0.25) is 4.99 Å². The van der Waals surface area contributed by atoms with Crippen molar-refractivity contribution in [3.63, 3.8) is 0 Å². The smallest absolute Gasteiger partial charge is 0.195 e. The van der Waals surface area contributed by atoms with E-state index in [-0.39, 0.29) is 24.0 Å². The van der Waals surface area contributed by atoms with Gasteiger partial charge in [-0.1, -0.05) is 0 Å². The molecular formula is C20H28IN3O4. The Kier molecular flexibility index (Phi) is 10.3. The summed E-state index contributed by atoms with van der Waals surface area (Å²) in [5.74, 6) is 3.62. The summed E-state index contributed by atoms with van der Waals surface area (Å²) in [6, 6.07) is 11.4. The second-order valence-electron chi connectivity index (χ2n) is 5.62. The minimum absolute atomic E-state index is 0. The van der Waals surface area contributed by atoms with Crippen molar-refractivity contribution in [1.29, 1.82) is 0 Å². The van der Waals surface area contributed by atoms with Gasteiger partial charge in [-0.25, -0.2) is 0 Å². The summed E-state index contributed by atoms with van der Waals surface area (Å²) in [5.41, 5.74) is 1.91. The Morgan fingerprint density at radius 2 is 1.54 bits per heavy atom. The molecule has 0 aliphatic carbocycles. The number of nitrogens with zero attached hydrogens (tertiary/aromatic N) is 1. The fourth-order valence-corrected chi connectivity index (χ4v) is 2.62. The first-order valence-electron chi connectivity index (χ1n) is 8.55. The molecular weight excluding hydrogens is 473 g/mol. The SMILES string of the molecule is CN=C(NCCc1cc(OC)ccc1OC)Nc1ccc(OC)c(OC)c1.I. The van der Waals surface area contributed by atoms with Gasteiger partial charge in [0.15, 0.2) is 17.5 Å². The molecule has 0 aliphatic rings. The van der Waals surface area contributed by atoms with Crippen LogP contribution in [0.15, 0.2) is 41.4 Å². The number of halogens is 1. The van der Waals surface area contributed by atoms with Crippen LogP contribution < -0.4 is 29.6 Å². The van der Waals surface area contributed by atoms with Crippen LogP contribution in [0.1, 0.15) is 5.56 Å². The minimum atomic E-state index is 0. The Hall–Kier alpha value is -2.36. The lowest BCUT2D eigenvalue weighted by atomic mass is 10.1. The van der Waals surface area contributed by atoms with Crippen LogP contribution in [-0.4, -0.2) is 48.0 Å².